The number of hydrogen-bond acceptors (Lipinski definition) is 4. The molecule has 3 aromatic rings. The molecule has 0 spiro atoms. The highest BCUT2D eigenvalue weighted by atomic mass is 35.5. The van der Waals surface area contributed by atoms with E-state index in [0.717, 1.165) is 29.7 Å². The number of nitrogens with one attached hydrogen (secondary N) is 2. The molecule has 0 radical (unpaired) electrons. The number of halogens is 1. The van der Waals surface area contributed by atoms with Gasteiger partial charge in [-0.3, -0.25) is 9.59 Å². The molecule has 2 N–H and O–H groups in total. The van der Waals surface area contributed by atoms with Gasteiger partial charge in [0.25, 0.3) is 11.8 Å². The SMILES string of the molecule is COc1cc(C(=O)N2CCCC(NC3CC3)c3cc(Cl)ccc32)ccc1NC(=O)c1ccccc1C. The van der Waals surface area contributed by atoms with Gasteiger partial charge in [-0.1, -0.05) is 29.8 Å². The van der Waals surface area contributed by atoms with Gasteiger partial charge in [-0.15, -0.1) is 0 Å². The molecular formula is C29H30ClN3O3. The molecule has 36 heavy (non-hydrogen) atoms. The number of hydrogen-bond donors (Lipinski definition) is 2. The zero-order valence-electron chi connectivity index (χ0n) is 20.5. The van der Waals surface area contributed by atoms with Gasteiger partial charge >= 0.3 is 0 Å². The number of anilines is 2. The van der Waals surface area contributed by atoms with Crippen molar-refractivity contribution in [3.05, 3.63) is 87.9 Å². The van der Waals surface area contributed by atoms with Crippen LogP contribution in [0, 0.1) is 6.92 Å². The fourth-order valence-corrected chi connectivity index (χ4v) is 4.98. The summed E-state index contributed by atoms with van der Waals surface area (Å²) < 4.78 is 5.56. The largest absolute Gasteiger partial charge is 0.495 e. The van der Waals surface area contributed by atoms with Gasteiger partial charge in [-0.2, -0.15) is 0 Å². The first kappa shape index (κ1) is 24.3. The molecule has 1 unspecified atom stereocenters. The van der Waals surface area contributed by atoms with Crippen LogP contribution in [0.25, 0.3) is 0 Å². The molecule has 2 amide bonds. The molecule has 1 aliphatic carbocycles. The number of fused-ring (bicyclic) bond motifs is 1. The minimum Gasteiger partial charge on any atom is -0.495 e. The predicted octanol–water partition coefficient (Wildman–Crippen LogP) is 6.14. The Morgan fingerprint density at radius 2 is 1.83 bits per heavy atom. The number of nitrogens with zero attached hydrogens (tertiary/aromatic N) is 1. The molecule has 1 saturated carbocycles. The van der Waals surface area contributed by atoms with Crippen LogP contribution >= 0.6 is 11.6 Å². The van der Waals surface area contributed by atoms with Gasteiger partial charge in [-0.25, -0.2) is 0 Å². The predicted molar refractivity (Wildman–Crippen MR) is 143 cm³/mol. The second kappa shape index (κ2) is 10.3. The van der Waals surface area contributed by atoms with Crippen LogP contribution < -0.4 is 20.3 Å². The van der Waals surface area contributed by atoms with Crippen molar-refractivity contribution in [2.75, 3.05) is 23.9 Å². The quantitative estimate of drug-likeness (QED) is 0.423. The third kappa shape index (κ3) is 5.11. The summed E-state index contributed by atoms with van der Waals surface area (Å²) in [4.78, 5) is 28.4. The molecule has 1 heterocycles. The Hall–Kier alpha value is -3.35. The Morgan fingerprint density at radius 1 is 1.03 bits per heavy atom. The first-order chi connectivity index (χ1) is 17.4. The van der Waals surface area contributed by atoms with Crippen LogP contribution in [0.3, 0.4) is 0 Å². The summed E-state index contributed by atoms with van der Waals surface area (Å²) in [5, 5.41) is 7.30. The van der Waals surface area contributed by atoms with Crippen LogP contribution in [0.5, 0.6) is 5.75 Å². The van der Waals surface area contributed by atoms with E-state index in [1.807, 2.05) is 48.2 Å². The van der Waals surface area contributed by atoms with Gasteiger partial charge in [0.1, 0.15) is 5.75 Å². The summed E-state index contributed by atoms with van der Waals surface area (Å²) in [6, 6.07) is 19.0. The highest BCUT2D eigenvalue weighted by Crippen LogP contribution is 2.38. The second-order valence-corrected chi connectivity index (χ2v) is 9.92. The lowest BCUT2D eigenvalue weighted by atomic mass is 10.0. The third-order valence-corrected chi connectivity index (χ3v) is 7.11. The first-order valence-electron chi connectivity index (χ1n) is 12.4. The van der Waals surface area contributed by atoms with Crippen molar-refractivity contribution in [1.82, 2.24) is 5.32 Å². The molecule has 1 fully saturated rings. The molecular weight excluding hydrogens is 474 g/mol. The van der Waals surface area contributed by atoms with Gasteiger partial charge in [0.05, 0.1) is 12.8 Å². The van der Waals surface area contributed by atoms with Crippen molar-refractivity contribution < 1.29 is 14.3 Å². The summed E-state index contributed by atoms with van der Waals surface area (Å²) >= 11 is 6.36. The zero-order chi connectivity index (χ0) is 25.2. The minimum absolute atomic E-state index is 0.110. The van der Waals surface area contributed by atoms with Crippen LogP contribution in [0.1, 0.15) is 63.6 Å². The maximum atomic E-state index is 13.7. The Morgan fingerprint density at radius 3 is 2.58 bits per heavy atom. The lowest BCUT2D eigenvalue weighted by Gasteiger charge is -2.25. The topological polar surface area (TPSA) is 70.7 Å². The summed E-state index contributed by atoms with van der Waals surface area (Å²) in [6.07, 6.45) is 4.22. The number of amides is 2. The number of benzene rings is 3. The Kier molecular flexibility index (Phi) is 6.99. The van der Waals surface area contributed by atoms with E-state index < -0.39 is 0 Å². The van der Waals surface area contributed by atoms with E-state index in [-0.39, 0.29) is 17.9 Å². The van der Waals surface area contributed by atoms with Gasteiger partial charge in [0, 0.05) is 40.5 Å². The van der Waals surface area contributed by atoms with Crippen LogP contribution in [0.15, 0.2) is 60.7 Å². The molecule has 0 bridgehead atoms. The average Bonchev–Trinajstić information content (AvgIpc) is 3.72. The van der Waals surface area contributed by atoms with Crippen molar-refractivity contribution in [1.29, 1.82) is 0 Å². The molecule has 1 aliphatic heterocycles. The van der Waals surface area contributed by atoms with Crippen molar-refractivity contribution in [2.24, 2.45) is 0 Å². The summed E-state index contributed by atoms with van der Waals surface area (Å²) in [5.74, 6) is 0.0981. The van der Waals surface area contributed by atoms with Crippen LogP contribution in [0.2, 0.25) is 5.02 Å². The Balaban J connectivity index is 1.41. The maximum absolute atomic E-state index is 13.7. The van der Waals surface area contributed by atoms with Crippen LogP contribution in [-0.2, 0) is 0 Å². The smallest absolute Gasteiger partial charge is 0.258 e. The molecule has 186 valence electrons. The van der Waals surface area contributed by atoms with E-state index in [0.29, 0.717) is 40.2 Å². The van der Waals surface area contributed by atoms with Crippen molar-refractivity contribution in [3.8, 4) is 5.75 Å². The number of aryl methyl sites for hydroxylation is 1. The molecule has 0 aromatic heterocycles. The van der Waals surface area contributed by atoms with Crippen molar-refractivity contribution in [3.63, 3.8) is 0 Å². The van der Waals surface area contributed by atoms with E-state index in [9.17, 15) is 9.59 Å². The van der Waals surface area contributed by atoms with E-state index in [4.69, 9.17) is 16.3 Å². The van der Waals surface area contributed by atoms with Gasteiger partial charge < -0.3 is 20.3 Å². The number of carbonyl (C=O) groups excluding carboxylic acids is 2. The average molecular weight is 504 g/mol. The van der Waals surface area contributed by atoms with Crippen LogP contribution in [0.4, 0.5) is 11.4 Å². The molecule has 6 nitrogen and oxygen atoms in total. The normalized spacial score (nSPS) is 17.2. The third-order valence-electron chi connectivity index (χ3n) is 6.88. The summed E-state index contributed by atoms with van der Waals surface area (Å²) in [7, 11) is 1.53. The minimum atomic E-state index is -0.224. The van der Waals surface area contributed by atoms with Crippen LogP contribution in [-0.4, -0.2) is 31.5 Å². The van der Waals surface area contributed by atoms with Crippen molar-refractivity contribution in [2.45, 2.75) is 44.7 Å². The highest BCUT2D eigenvalue weighted by Gasteiger charge is 2.31. The monoisotopic (exact) mass is 503 g/mol. The second-order valence-electron chi connectivity index (χ2n) is 9.48. The fourth-order valence-electron chi connectivity index (χ4n) is 4.80. The van der Waals surface area contributed by atoms with E-state index in [2.05, 4.69) is 10.6 Å². The number of ether oxygens (including phenoxy) is 1. The summed E-state index contributed by atoms with van der Waals surface area (Å²) in [6.45, 7) is 2.51. The highest BCUT2D eigenvalue weighted by molar-refractivity contribution is 6.30. The number of rotatable bonds is 6. The standard InChI is InChI=1S/C29H30ClN3O3/c1-18-6-3-4-7-22(18)28(34)32-25-13-9-19(16-27(25)36-2)29(35)33-15-5-8-24(31-21-11-12-21)23-17-20(30)10-14-26(23)33/h3-4,6-7,9-10,13-14,16-17,21,24,31H,5,8,11-12,15H2,1-2H3,(H,32,34). The lowest BCUT2D eigenvalue weighted by Crippen LogP contribution is -2.32. The van der Waals surface area contributed by atoms with E-state index >= 15 is 0 Å². The maximum Gasteiger partial charge on any atom is 0.258 e. The van der Waals surface area contributed by atoms with Gasteiger partial charge in [0.2, 0.25) is 0 Å². The van der Waals surface area contributed by atoms with Crippen molar-refractivity contribution >= 4 is 34.8 Å². The molecule has 5 rings (SSSR count). The molecule has 3 aromatic carbocycles. The first-order valence-corrected chi connectivity index (χ1v) is 12.7. The molecule has 2 aliphatic rings. The van der Waals surface area contributed by atoms with E-state index in [1.54, 1.807) is 24.3 Å². The molecule has 0 saturated heterocycles. The lowest BCUT2D eigenvalue weighted by molar-refractivity contribution is 0.0985. The Bertz CT molecular complexity index is 1300. The molecule has 7 heteroatoms. The number of carbonyl (C=O) groups is 2. The zero-order valence-corrected chi connectivity index (χ0v) is 21.3. The summed E-state index contributed by atoms with van der Waals surface area (Å²) in [5.41, 5.74) is 4.43. The Labute approximate surface area is 216 Å². The number of methoxy groups -OCH3 is 1. The van der Waals surface area contributed by atoms with Gasteiger partial charge in [-0.05, 0) is 86.2 Å². The molecule has 1 atom stereocenters. The fraction of sp³-hybridized carbons (Fsp3) is 0.310. The van der Waals surface area contributed by atoms with Gasteiger partial charge in [0.15, 0.2) is 0 Å². The van der Waals surface area contributed by atoms with E-state index in [1.165, 1.54) is 20.0 Å².